The predicted octanol–water partition coefficient (Wildman–Crippen LogP) is 5.99. The average molecular weight is 769 g/mol. The van der Waals surface area contributed by atoms with Crippen LogP contribution < -0.4 is 0 Å². The van der Waals surface area contributed by atoms with E-state index >= 15 is 0 Å². The van der Waals surface area contributed by atoms with Gasteiger partial charge in [0.25, 0.3) is 0 Å². The Kier molecular flexibility index (Phi) is 13.2. The lowest BCUT2D eigenvalue weighted by Crippen LogP contribution is -2.62. The molecule has 0 bridgehead atoms. The van der Waals surface area contributed by atoms with Gasteiger partial charge in [0.2, 0.25) is 0 Å². The number of fused-ring (bicyclic) bond motifs is 1. The van der Waals surface area contributed by atoms with E-state index in [1.807, 2.05) is 121 Å². The molecule has 3 saturated heterocycles. The molecule has 9 atom stereocenters. The fraction of sp³-hybridized carbons (Fsp3) is 0.409. The van der Waals surface area contributed by atoms with Gasteiger partial charge in [-0.15, -0.1) is 0 Å². The molecule has 0 aromatic heterocycles. The normalized spacial score (nSPS) is 28.1. The molecular weight excluding hydrogens is 720 g/mol. The predicted molar refractivity (Wildman–Crippen MR) is 201 cm³/mol. The van der Waals surface area contributed by atoms with Crippen LogP contribution in [0.3, 0.4) is 0 Å². The number of carboxylic acids is 1. The van der Waals surface area contributed by atoms with Gasteiger partial charge in [-0.3, -0.25) is 4.79 Å². The zero-order chi connectivity index (χ0) is 38.9. The first-order valence-electron chi connectivity index (χ1n) is 18.9. The summed E-state index contributed by atoms with van der Waals surface area (Å²) in [6.07, 6.45) is -9.33. The van der Waals surface area contributed by atoms with Gasteiger partial charge in [0, 0.05) is 0 Å². The smallest absolute Gasteiger partial charge is 0.338 e. The van der Waals surface area contributed by atoms with Crippen LogP contribution in [0.1, 0.15) is 42.5 Å². The summed E-state index contributed by atoms with van der Waals surface area (Å²) in [5, 5.41) is 10.1. The fourth-order valence-electron chi connectivity index (χ4n) is 7.22. The van der Waals surface area contributed by atoms with E-state index in [4.69, 9.17) is 42.6 Å². The van der Waals surface area contributed by atoms with Crippen LogP contribution in [0.4, 0.5) is 0 Å². The molecule has 0 aliphatic carbocycles. The highest BCUT2D eigenvalue weighted by Gasteiger charge is 2.59. The van der Waals surface area contributed by atoms with Gasteiger partial charge >= 0.3 is 11.9 Å². The van der Waals surface area contributed by atoms with Crippen LogP contribution in [-0.4, -0.2) is 84.6 Å². The van der Waals surface area contributed by atoms with Crippen LogP contribution >= 0.6 is 0 Å². The minimum Gasteiger partial charge on any atom is -0.481 e. The molecule has 12 nitrogen and oxygen atoms in total. The molecule has 1 N–H and O–H groups in total. The van der Waals surface area contributed by atoms with Gasteiger partial charge in [0.15, 0.2) is 24.3 Å². The number of rotatable bonds is 17. The number of carboxylic acid groups (broad SMARTS) is 1. The van der Waals surface area contributed by atoms with E-state index in [2.05, 4.69) is 0 Å². The van der Waals surface area contributed by atoms with E-state index < -0.39 is 79.3 Å². The van der Waals surface area contributed by atoms with E-state index in [9.17, 15) is 14.7 Å². The maximum absolute atomic E-state index is 14.6. The number of hydrogen-bond acceptors (Lipinski definition) is 11. The Bertz CT molecular complexity index is 1830. The van der Waals surface area contributed by atoms with Crippen molar-refractivity contribution in [1.29, 1.82) is 0 Å². The van der Waals surface area contributed by atoms with Gasteiger partial charge in [0.05, 0.1) is 45.6 Å². The number of ether oxygens (including phenoxy) is 9. The van der Waals surface area contributed by atoms with E-state index in [-0.39, 0.29) is 33.0 Å². The second-order valence-corrected chi connectivity index (χ2v) is 14.5. The van der Waals surface area contributed by atoms with Gasteiger partial charge in [-0.25, -0.2) is 4.79 Å². The molecule has 3 aliphatic rings. The second-order valence-electron chi connectivity index (χ2n) is 14.5. The Balaban J connectivity index is 1.20. The summed E-state index contributed by atoms with van der Waals surface area (Å²) in [5.74, 6) is -2.85. The summed E-state index contributed by atoms with van der Waals surface area (Å²) in [6, 6.07) is 38.2. The zero-order valence-electron chi connectivity index (χ0n) is 31.4. The van der Waals surface area contributed by atoms with Crippen molar-refractivity contribution < 1.29 is 57.3 Å². The van der Waals surface area contributed by atoms with Crippen molar-refractivity contribution in [2.24, 2.45) is 0 Å². The van der Waals surface area contributed by atoms with Crippen LogP contribution in [0.15, 0.2) is 121 Å². The van der Waals surface area contributed by atoms with Crippen molar-refractivity contribution in [3.05, 3.63) is 144 Å². The Morgan fingerprint density at radius 2 is 1.05 bits per heavy atom. The Labute approximate surface area is 326 Å². The van der Waals surface area contributed by atoms with Gasteiger partial charge < -0.3 is 47.7 Å². The summed E-state index contributed by atoms with van der Waals surface area (Å²) in [5.41, 5.74) is 3.54. The highest BCUT2D eigenvalue weighted by Crippen LogP contribution is 2.40. The van der Waals surface area contributed by atoms with Gasteiger partial charge in [-0.05, 0) is 36.1 Å². The first-order valence-corrected chi connectivity index (χ1v) is 18.9. The summed E-state index contributed by atoms with van der Waals surface area (Å²) in [6.45, 7) is 4.21. The molecule has 0 saturated carbocycles. The molecule has 3 aliphatic heterocycles. The molecule has 4 aromatic rings. The Morgan fingerprint density at radius 3 is 1.55 bits per heavy atom. The molecule has 7 rings (SSSR count). The molecule has 0 unspecified atom stereocenters. The number of hydrogen-bond donors (Lipinski definition) is 1. The van der Waals surface area contributed by atoms with E-state index in [0.717, 1.165) is 22.3 Å². The van der Waals surface area contributed by atoms with Crippen LogP contribution in [0, 0.1) is 0 Å². The lowest BCUT2D eigenvalue weighted by molar-refractivity contribution is -0.272. The SMILES string of the molecule is CC1(C)O[C@H]2O[C@H](C(=O)O[C@H]3[C@H](OCc4ccccc4)[C@@H](COCc4ccccc4)O[C@H](CC(=O)O)[C@H]3OCc3ccccc3)[C@@H](OCc3ccccc3)[C@H]2O1. The quantitative estimate of drug-likeness (QED) is 0.126. The standard InChI is InChI=1S/C44H48O12/c1-44(2)55-41-38(51-27-32-21-13-6-14-22-32)40(54-43(41)56-44)42(47)53-39-36(49-25-30-17-9-4-10-18-30)33(23-35(45)46)52-34(28-48-24-29-15-7-3-8-16-29)37(39)50-26-31-19-11-5-12-20-31/h3-22,33-34,36-41,43H,23-28H2,1-2H3,(H,45,46)/t33-,34-,36-,37-,38-,39-,40+,41-,43-/m1/s1. The maximum Gasteiger partial charge on any atom is 0.338 e. The number of benzene rings is 4. The van der Waals surface area contributed by atoms with Crippen LogP contribution in [0.5, 0.6) is 0 Å². The molecule has 56 heavy (non-hydrogen) atoms. The molecule has 0 radical (unpaired) electrons. The number of aliphatic carboxylic acids is 1. The molecule has 0 spiro atoms. The number of carbonyl (C=O) groups excluding carboxylic acids is 1. The van der Waals surface area contributed by atoms with Crippen LogP contribution in [-0.2, 0) is 78.6 Å². The maximum atomic E-state index is 14.6. The third-order valence-corrected chi connectivity index (χ3v) is 9.83. The molecule has 4 aromatic carbocycles. The van der Waals surface area contributed by atoms with Crippen molar-refractivity contribution in [3.8, 4) is 0 Å². The average Bonchev–Trinajstić information content (AvgIpc) is 3.69. The van der Waals surface area contributed by atoms with E-state index in [1.165, 1.54) is 0 Å². The topological polar surface area (TPSA) is 137 Å². The lowest BCUT2D eigenvalue weighted by atomic mass is 9.92. The highest BCUT2D eigenvalue weighted by atomic mass is 16.8. The minimum absolute atomic E-state index is 0.00752. The molecule has 3 fully saturated rings. The van der Waals surface area contributed by atoms with Crippen molar-refractivity contribution in [1.82, 2.24) is 0 Å². The van der Waals surface area contributed by atoms with Crippen molar-refractivity contribution in [3.63, 3.8) is 0 Å². The van der Waals surface area contributed by atoms with Crippen molar-refractivity contribution in [2.75, 3.05) is 6.61 Å². The first-order chi connectivity index (χ1) is 27.2. The second kappa shape index (κ2) is 18.6. The molecule has 12 heteroatoms. The Hall–Kier alpha value is -4.50. The highest BCUT2D eigenvalue weighted by molar-refractivity contribution is 5.76. The monoisotopic (exact) mass is 768 g/mol. The zero-order valence-corrected chi connectivity index (χ0v) is 31.4. The number of carbonyl (C=O) groups is 2. The van der Waals surface area contributed by atoms with Gasteiger partial charge in [-0.1, -0.05) is 121 Å². The Morgan fingerprint density at radius 1 is 0.589 bits per heavy atom. The summed E-state index contributed by atoms with van der Waals surface area (Å²) in [4.78, 5) is 26.9. The van der Waals surface area contributed by atoms with Crippen LogP contribution in [0.2, 0.25) is 0 Å². The third kappa shape index (κ3) is 10.3. The van der Waals surface area contributed by atoms with E-state index in [1.54, 1.807) is 13.8 Å². The first kappa shape index (κ1) is 39.7. The lowest BCUT2D eigenvalue weighted by Gasteiger charge is -2.45. The summed E-state index contributed by atoms with van der Waals surface area (Å²) >= 11 is 0. The molecular formula is C44H48O12. The third-order valence-electron chi connectivity index (χ3n) is 9.83. The number of esters is 1. The molecule has 296 valence electrons. The van der Waals surface area contributed by atoms with Crippen LogP contribution in [0.25, 0.3) is 0 Å². The summed E-state index contributed by atoms with van der Waals surface area (Å²) < 4.78 is 57.0. The largest absolute Gasteiger partial charge is 0.481 e. The van der Waals surface area contributed by atoms with Gasteiger partial charge in [0.1, 0.15) is 30.5 Å². The summed E-state index contributed by atoms with van der Waals surface area (Å²) in [7, 11) is 0. The molecule has 0 amide bonds. The van der Waals surface area contributed by atoms with E-state index in [0.29, 0.717) is 0 Å². The fourth-order valence-corrected chi connectivity index (χ4v) is 7.22. The van der Waals surface area contributed by atoms with Crippen molar-refractivity contribution >= 4 is 11.9 Å². The van der Waals surface area contributed by atoms with Crippen molar-refractivity contribution in [2.45, 2.75) is 108 Å². The molecule has 3 heterocycles. The van der Waals surface area contributed by atoms with Gasteiger partial charge in [-0.2, -0.15) is 0 Å². The minimum atomic E-state index is -1.26.